The highest BCUT2D eigenvalue weighted by atomic mass is 16.7. The minimum Gasteiger partial charge on any atom is -0.496 e. The zero-order valence-electron chi connectivity index (χ0n) is 16.3. The van der Waals surface area contributed by atoms with Gasteiger partial charge in [0.25, 0.3) is 0 Å². The van der Waals surface area contributed by atoms with E-state index in [4.69, 9.17) is 14.2 Å². The van der Waals surface area contributed by atoms with E-state index in [1.165, 1.54) is 33.2 Å². The lowest BCUT2D eigenvalue weighted by Crippen LogP contribution is -2.40. The monoisotopic (exact) mass is 362 g/mol. The molecule has 0 saturated carbocycles. The van der Waals surface area contributed by atoms with Gasteiger partial charge >= 0.3 is 0 Å². The standard InChI is InChI=1S/C23H24NO3/c1-23(2,3)22-17-12-24-8-7-15-10-20-21(27-13-26-20)11-16(15)18(24)9-14(17)5-6-19(22)25-4/h5-6,9-12H,7-8,13H2,1-4H3/q+1. The molecular weight excluding hydrogens is 338 g/mol. The summed E-state index contributed by atoms with van der Waals surface area (Å²) in [5.41, 5.74) is 5.04. The molecule has 27 heavy (non-hydrogen) atoms. The van der Waals surface area contributed by atoms with Gasteiger partial charge in [0, 0.05) is 18.1 Å². The minimum absolute atomic E-state index is 0.00176. The molecule has 2 aromatic carbocycles. The van der Waals surface area contributed by atoms with Gasteiger partial charge in [0.2, 0.25) is 12.5 Å². The fraction of sp³-hybridized carbons (Fsp3) is 0.348. The second kappa shape index (κ2) is 5.62. The molecule has 5 rings (SSSR count). The van der Waals surface area contributed by atoms with Gasteiger partial charge in [-0.2, -0.15) is 4.57 Å². The second-order valence-electron chi connectivity index (χ2n) is 8.36. The van der Waals surface area contributed by atoms with Gasteiger partial charge in [0.05, 0.1) is 18.1 Å². The maximum atomic E-state index is 5.69. The Bertz CT molecular complexity index is 1080. The quantitative estimate of drug-likeness (QED) is 0.602. The van der Waals surface area contributed by atoms with Gasteiger partial charge in [-0.05, 0) is 34.6 Å². The third kappa shape index (κ3) is 2.47. The van der Waals surface area contributed by atoms with Gasteiger partial charge in [-0.25, -0.2) is 0 Å². The zero-order chi connectivity index (χ0) is 18.8. The van der Waals surface area contributed by atoms with E-state index in [2.05, 4.69) is 61.9 Å². The Morgan fingerprint density at radius 2 is 1.81 bits per heavy atom. The SMILES string of the molecule is COc1ccc2cc3[n+](cc2c1C(C)(C)C)CCc1cc2c(cc1-3)OCO2. The smallest absolute Gasteiger partial charge is 0.231 e. The largest absolute Gasteiger partial charge is 0.496 e. The van der Waals surface area contributed by atoms with Crippen molar-refractivity contribution in [3.8, 4) is 28.5 Å². The van der Waals surface area contributed by atoms with Gasteiger partial charge in [-0.15, -0.1) is 0 Å². The molecule has 4 heteroatoms. The third-order valence-electron chi connectivity index (χ3n) is 5.59. The maximum Gasteiger partial charge on any atom is 0.231 e. The average Bonchev–Trinajstić information content (AvgIpc) is 3.10. The third-order valence-corrected chi connectivity index (χ3v) is 5.59. The van der Waals surface area contributed by atoms with Crippen LogP contribution < -0.4 is 18.8 Å². The molecule has 0 fully saturated rings. The van der Waals surface area contributed by atoms with Crippen LogP contribution in [0.3, 0.4) is 0 Å². The summed E-state index contributed by atoms with van der Waals surface area (Å²) in [7, 11) is 1.75. The topological polar surface area (TPSA) is 31.6 Å². The van der Waals surface area contributed by atoms with E-state index < -0.39 is 0 Å². The molecule has 2 aliphatic heterocycles. The van der Waals surface area contributed by atoms with Crippen molar-refractivity contribution in [1.29, 1.82) is 0 Å². The van der Waals surface area contributed by atoms with Crippen molar-refractivity contribution in [2.45, 2.75) is 39.2 Å². The van der Waals surface area contributed by atoms with E-state index in [9.17, 15) is 0 Å². The van der Waals surface area contributed by atoms with E-state index in [1.807, 2.05) is 0 Å². The first-order valence-corrected chi connectivity index (χ1v) is 9.43. The molecule has 0 bridgehead atoms. The number of benzene rings is 2. The number of rotatable bonds is 1. The van der Waals surface area contributed by atoms with E-state index in [1.54, 1.807) is 7.11 Å². The summed E-state index contributed by atoms with van der Waals surface area (Å²) in [6.07, 6.45) is 3.28. The molecule has 0 amide bonds. The summed E-state index contributed by atoms with van der Waals surface area (Å²) in [4.78, 5) is 0. The van der Waals surface area contributed by atoms with Crippen LogP contribution in [0.5, 0.6) is 17.2 Å². The first-order chi connectivity index (χ1) is 13.0. The highest BCUT2D eigenvalue weighted by Gasteiger charge is 2.30. The summed E-state index contributed by atoms with van der Waals surface area (Å²) >= 11 is 0. The number of hydrogen-bond acceptors (Lipinski definition) is 3. The number of pyridine rings is 1. The van der Waals surface area contributed by atoms with Crippen LogP contribution in [0.25, 0.3) is 22.0 Å². The molecule has 0 saturated heterocycles. The van der Waals surface area contributed by atoms with Crippen molar-refractivity contribution in [3.63, 3.8) is 0 Å². The molecule has 3 heterocycles. The van der Waals surface area contributed by atoms with Crippen LogP contribution in [-0.2, 0) is 18.4 Å². The van der Waals surface area contributed by atoms with Crippen LogP contribution in [0, 0.1) is 0 Å². The van der Waals surface area contributed by atoms with Crippen molar-refractivity contribution < 1.29 is 18.8 Å². The van der Waals surface area contributed by atoms with Crippen molar-refractivity contribution in [1.82, 2.24) is 0 Å². The van der Waals surface area contributed by atoms with Crippen molar-refractivity contribution in [3.05, 3.63) is 47.7 Å². The summed E-state index contributed by atoms with van der Waals surface area (Å²) in [6.45, 7) is 7.99. The lowest BCUT2D eigenvalue weighted by molar-refractivity contribution is -0.686. The van der Waals surface area contributed by atoms with Crippen molar-refractivity contribution in [2.24, 2.45) is 0 Å². The molecule has 138 valence electrons. The Hall–Kier alpha value is -2.75. The van der Waals surface area contributed by atoms with Crippen LogP contribution in [-0.4, -0.2) is 13.9 Å². The maximum absolute atomic E-state index is 5.69. The summed E-state index contributed by atoms with van der Waals surface area (Å²) in [5.74, 6) is 2.66. The predicted octanol–water partition coefficient (Wildman–Crippen LogP) is 4.39. The van der Waals surface area contributed by atoms with E-state index in [0.29, 0.717) is 6.79 Å². The van der Waals surface area contributed by atoms with Crippen LogP contribution in [0.4, 0.5) is 0 Å². The van der Waals surface area contributed by atoms with Crippen LogP contribution in [0.2, 0.25) is 0 Å². The molecule has 0 spiro atoms. The molecule has 0 radical (unpaired) electrons. The molecule has 4 nitrogen and oxygen atoms in total. The number of nitrogens with zero attached hydrogens (tertiary/aromatic N) is 1. The number of methoxy groups -OCH3 is 1. The minimum atomic E-state index is -0.00176. The summed E-state index contributed by atoms with van der Waals surface area (Å²) < 4.78 is 19.2. The fourth-order valence-corrected chi connectivity index (χ4v) is 4.37. The number of ether oxygens (including phenoxy) is 3. The Labute approximate surface area is 159 Å². The molecule has 0 N–H and O–H groups in total. The first kappa shape index (κ1) is 16.4. The van der Waals surface area contributed by atoms with E-state index in [0.717, 1.165) is 30.2 Å². The van der Waals surface area contributed by atoms with Crippen molar-refractivity contribution in [2.75, 3.05) is 13.9 Å². The first-order valence-electron chi connectivity index (χ1n) is 9.43. The van der Waals surface area contributed by atoms with Gasteiger partial charge in [0.1, 0.15) is 5.75 Å². The lowest BCUT2D eigenvalue weighted by atomic mass is 9.83. The molecule has 2 aliphatic rings. The van der Waals surface area contributed by atoms with Crippen LogP contribution in [0.15, 0.2) is 36.5 Å². The zero-order valence-corrected chi connectivity index (χ0v) is 16.3. The Kier molecular flexibility index (Phi) is 3.42. The van der Waals surface area contributed by atoms with Gasteiger partial charge in [-0.3, -0.25) is 0 Å². The number of fused-ring (bicyclic) bond motifs is 5. The van der Waals surface area contributed by atoms with E-state index >= 15 is 0 Å². The average molecular weight is 362 g/mol. The Morgan fingerprint density at radius 1 is 1.04 bits per heavy atom. The fourth-order valence-electron chi connectivity index (χ4n) is 4.37. The van der Waals surface area contributed by atoms with Crippen molar-refractivity contribution >= 4 is 10.8 Å². The van der Waals surface area contributed by atoms with Gasteiger partial charge in [0.15, 0.2) is 24.2 Å². The molecule has 3 aromatic rings. The second-order valence-corrected chi connectivity index (χ2v) is 8.36. The normalized spacial score (nSPS) is 14.8. The molecular formula is C23H24NO3+. The lowest BCUT2D eigenvalue weighted by Gasteiger charge is -2.24. The Morgan fingerprint density at radius 3 is 2.56 bits per heavy atom. The molecule has 0 unspecified atom stereocenters. The molecule has 1 aromatic heterocycles. The van der Waals surface area contributed by atoms with Gasteiger partial charge < -0.3 is 14.2 Å². The van der Waals surface area contributed by atoms with E-state index in [-0.39, 0.29) is 5.41 Å². The highest BCUT2D eigenvalue weighted by Crippen LogP contribution is 2.42. The van der Waals surface area contributed by atoms with Crippen LogP contribution >= 0.6 is 0 Å². The predicted molar refractivity (Wildman–Crippen MR) is 105 cm³/mol. The summed E-state index contributed by atoms with van der Waals surface area (Å²) in [6, 6.07) is 10.8. The number of aryl methyl sites for hydroxylation is 2. The highest BCUT2D eigenvalue weighted by molar-refractivity contribution is 5.90. The molecule has 0 atom stereocenters. The number of aromatic nitrogens is 1. The molecule has 0 aliphatic carbocycles. The number of hydrogen-bond donors (Lipinski definition) is 0. The van der Waals surface area contributed by atoms with Gasteiger partial charge in [-0.1, -0.05) is 26.8 Å². The summed E-state index contributed by atoms with van der Waals surface area (Å²) in [5, 5.41) is 2.49. The van der Waals surface area contributed by atoms with Crippen LogP contribution in [0.1, 0.15) is 31.9 Å². The Balaban J connectivity index is 1.77.